The van der Waals surface area contributed by atoms with E-state index in [4.69, 9.17) is 13.6 Å². The van der Waals surface area contributed by atoms with Gasteiger partial charge in [0.05, 0.1) is 6.61 Å². The molecule has 0 saturated carbocycles. The quantitative estimate of drug-likeness (QED) is 0.430. The molecule has 0 amide bonds. The Balaban J connectivity index is 1.33. The normalized spacial score (nSPS) is 15.8. The van der Waals surface area contributed by atoms with Crippen LogP contribution in [0.5, 0.6) is 0 Å². The summed E-state index contributed by atoms with van der Waals surface area (Å²) in [6.45, 7) is 4.60. The maximum absolute atomic E-state index is 12.4. The fourth-order valence-electron chi connectivity index (χ4n) is 4.24. The Kier molecular flexibility index (Phi) is 5.01. The molecule has 6 heteroatoms. The van der Waals surface area contributed by atoms with Crippen LogP contribution in [0.25, 0.3) is 22.1 Å². The predicted molar refractivity (Wildman–Crippen MR) is 113 cm³/mol. The number of para-hydroxylation sites is 3. The Morgan fingerprint density at radius 1 is 1.07 bits per heavy atom. The van der Waals surface area contributed by atoms with E-state index < -0.39 is 5.97 Å². The van der Waals surface area contributed by atoms with Crippen LogP contribution in [-0.2, 0) is 11.3 Å². The largest absolute Gasteiger partial charge is 0.460 e. The Morgan fingerprint density at radius 3 is 2.57 bits per heavy atom. The second-order valence-electron chi connectivity index (χ2n) is 7.70. The summed E-state index contributed by atoms with van der Waals surface area (Å²) in [5.74, 6) is 1.07. The summed E-state index contributed by atoms with van der Waals surface area (Å²) < 4.78 is 17.1. The topological polar surface area (TPSA) is 68.7 Å². The lowest BCUT2D eigenvalue weighted by Gasteiger charge is -2.30. The molecule has 1 saturated heterocycles. The van der Waals surface area contributed by atoms with Gasteiger partial charge in [-0.3, -0.25) is 4.90 Å². The Hall–Kier alpha value is -3.12. The van der Waals surface area contributed by atoms with Crippen LogP contribution in [0.2, 0.25) is 0 Å². The number of ether oxygens (including phenoxy) is 1. The fourth-order valence-corrected chi connectivity index (χ4v) is 4.24. The van der Waals surface area contributed by atoms with E-state index in [0.717, 1.165) is 59.5 Å². The van der Waals surface area contributed by atoms with Gasteiger partial charge in [0.2, 0.25) is 5.76 Å². The molecule has 30 heavy (non-hydrogen) atoms. The maximum Gasteiger partial charge on any atom is 0.374 e. The lowest BCUT2D eigenvalue weighted by molar-refractivity contribution is 0.0489. The van der Waals surface area contributed by atoms with Gasteiger partial charge in [-0.15, -0.1) is 0 Å². The van der Waals surface area contributed by atoms with E-state index in [1.54, 1.807) is 6.92 Å². The number of aromatic nitrogens is 1. The molecule has 0 bridgehead atoms. The number of esters is 1. The van der Waals surface area contributed by atoms with Crippen LogP contribution in [0, 0.1) is 0 Å². The molecule has 2 aromatic heterocycles. The number of fused-ring (bicyclic) bond motifs is 2. The third-order valence-corrected chi connectivity index (χ3v) is 5.79. The zero-order valence-corrected chi connectivity index (χ0v) is 17.0. The van der Waals surface area contributed by atoms with Crippen LogP contribution in [0.3, 0.4) is 0 Å². The first-order valence-electron chi connectivity index (χ1n) is 10.5. The number of benzene rings is 2. The molecule has 2 aromatic carbocycles. The number of furan rings is 1. The van der Waals surface area contributed by atoms with Crippen molar-refractivity contribution in [3.8, 4) is 0 Å². The summed E-state index contributed by atoms with van der Waals surface area (Å²) in [6.07, 6.45) is 1.94. The van der Waals surface area contributed by atoms with Crippen molar-refractivity contribution < 1.29 is 18.4 Å². The first kappa shape index (κ1) is 18.9. The van der Waals surface area contributed by atoms with Gasteiger partial charge in [-0.05, 0) is 51.1 Å². The first-order chi connectivity index (χ1) is 14.7. The van der Waals surface area contributed by atoms with Crippen molar-refractivity contribution in [2.45, 2.75) is 32.2 Å². The van der Waals surface area contributed by atoms with Crippen LogP contribution in [0.1, 0.15) is 47.7 Å². The summed E-state index contributed by atoms with van der Waals surface area (Å²) in [5, 5.41) is 0.974. The van der Waals surface area contributed by atoms with Gasteiger partial charge >= 0.3 is 5.97 Å². The summed E-state index contributed by atoms with van der Waals surface area (Å²) in [4.78, 5) is 19.5. The van der Waals surface area contributed by atoms with Crippen molar-refractivity contribution in [3.05, 3.63) is 65.7 Å². The number of hydrogen-bond acceptors (Lipinski definition) is 6. The van der Waals surface area contributed by atoms with Gasteiger partial charge in [0.15, 0.2) is 11.5 Å². The molecule has 3 heterocycles. The minimum atomic E-state index is -0.398. The lowest BCUT2D eigenvalue weighted by Crippen LogP contribution is -2.33. The van der Waals surface area contributed by atoms with Gasteiger partial charge in [0, 0.05) is 23.4 Å². The minimum absolute atomic E-state index is 0.319. The van der Waals surface area contributed by atoms with Crippen molar-refractivity contribution in [2.24, 2.45) is 0 Å². The zero-order chi connectivity index (χ0) is 20.5. The van der Waals surface area contributed by atoms with Crippen LogP contribution < -0.4 is 0 Å². The third kappa shape index (κ3) is 3.48. The van der Waals surface area contributed by atoms with Crippen LogP contribution >= 0.6 is 0 Å². The smallest absolute Gasteiger partial charge is 0.374 e. The third-order valence-electron chi connectivity index (χ3n) is 5.79. The average Bonchev–Trinajstić information content (AvgIpc) is 3.36. The molecule has 1 aliphatic rings. The van der Waals surface area contributed by atoms with Crippen LogP contribution in [0.4, 0.5) is 0 Å². The number of nitrogens with zero attached hydrogens (tertiary/aromatic N) is 2. The highest BCUT2D eigenvalue weighted by Gasteiger charge is 2.28. The molecule has 0 unspecified atom stereocenters. The molecule has 5 rings (SSSR count). The second-order valence-corrected chi connectivity index (χ2v) is 7.70. The number of hydrogen-bond donors (Lipinski definition) is 0. The molecule has 0 aliphatic carbocycles. The van der Waals surface area contributed by atoms with E-state index in [2.05, 4.69) is 9.88 Å². The number of rotatable bonds is 5. The number of piperidine rings is 1. The molecule has 0 atom stereocenters. The number of likely N-dealkylation sites (tertiary alicyclic amines) is 1. The molecule has 0 radical (unpaired) electrons. The molecule has 154 valence electrons. The molecule has 1 aliphatic heterocycles. The predicted octanol–water partition coefficient (Wildman–Crippen LogP) is 5.13. The van der Waals surface area contributed by atoms with Crippen molar-refractivity contribution in [2.75, 3.05) is 19.7 Å². The van der Waals surface area contributed by atoms with E-state index >= 15 is 0 Å². The second kappa shape index (κ2) is 7.95. The molecule has 6 nitrogen and oxygen atoms in total. The van der Waals surface area contributed by atoms with Gasteiger partial charge < -0.3 is 13.6 Å². The molecular formula is C24H24N2O4. The number of carbonyl (C=O) groups is 1. The Bertz CT molecular complexity index is 1150. The highest BCUT2D eigenvalue weighted by atomic mass is 16.5. The van der Waals surface area contributed by atoms with Gasteiger partial charge in [-0.25, -0.2) is 9.78 Å². The molecular weight excluding hydrogens is 380 g/mol. The number of carbonyl (C=O) groups excluding carboxylic acids is 1. The van der Waals surface area contributed by atoms with Crippen molar-refractivity contribution in [1.29, 1.82) is 0 Å². The van der Waals surface area contributed by atoms with E-state index in [1.807, 2.05) is 48.5 Å². The van der Waals surface area contributed by atoms with E-state index in [9.17, 15) is 4.79 Å². The van der Waals surface area contributed by atoms with Crippen molar-refractivity contribution in [1.82, 2.24) is 9.88 Å². The molecule has 1 fully saturated rings. The summed E-state index contributed by atoms with van der Waals surface area (Å²) >= 11 is 0. The first-order valence-corrected chi connectivity index (χ1v) is 10.5. The monoisotopic (exact) mass is 404 g/mol. The SMILES string of the molecule is CCOC(=O)c1oc2ccccc2c1CN1CCC(c2nc3ccccc3o2)CC1. The lowest BCUT2D eigenvalue weighted by atomic mass is 9.96. The van der Waals surface area contributed by atoms with Crippen LogP contribution in [0.15, 0.2) is 57.4 Å². The highest BCUT2D eigenvalue weighted by molar-refractivity contribution is 5.96. The Labute approximate surface area is 174 Å². The standard InChI is InChI=1S/C24H24N2O4/c1-2-28-24(27)22-18(17-7-3-5-9-20(17)29-22)15-26-13-11-16(12-14-26)23-25-19-8-4-6-10-21(19)30-23/h3-10,16H,2,11-15H2,1H3. The van der Waals surface area contributed by atoms with Gasteiger partial charge in [-0.2, -0.15) is 0 Å². The summed E-state index contributed by atoms with van der Waals surface area (Å²) in [7, 11) is 0. The van der Waals surface area contributed by atoms with Gasteiger partial charge in [0.1, 0.15) is 11.1 Å². The van der Waals surface area contributed by atoms with Crippen molar-refractivity contribution in [3.63, 3.8) is 0 Å². The van der Waals surface area contributed by atoms with Crippen LogP contribution in [-0.4, -0.2) is 35.5 Å². The van der Waals surface area contributed by atoms with E-state index in [1.165, 1.54) is 0 Å². The van der Waals surface area contributed by atoms with Gasteiger partial charge in [0.25, 0.3) is 0 Å². The Morgan fingerprint density at radius 2 is 1.80 bits per heavy atom. The molecule has 4 aromatic rings. The summed E-state index contributed by atoms with van der Waals surface area (Å²) in [5.41, 5.74) is 3.39. The molecule has 0 N–H and O–H groups in total. The fraction of sp³-hybridized carbons (Fsp3) is 0.333. The van der Waals surface area contributed by atoms with E-state index in [0.29, 0.717) is 24.8 Å². The van der Waals surface area contributed by atoms with E-state index in [-0.39, 0.29) is 0 Å². The zero-order valence-electron chi connectivity index (χ0n) is 17.0. The van der Waals surface area contributed by atoms with Crippen molar-refractivity contribution >= 4 is 28.0 Å². The summed E-state index contributed by atoms with van der Waals surface area (Å²) in [6, 6.07) is 15.7. The van der Waals surface area contributed by atoms with Gasteiger partial charge in [-0.1, -0.05) is 30.3 Å². The maximum atomic E-state index is 12.4. The highest BCUT2D eigenvalue weighted by Crippen LogP contribution is 2.33. The minimum Gasteiger partial charge on any atom is -0.460 e. The average molecular weight is 404 g/mol. The molecule has 0 spiro atoms. The number of oxazole rings is 1.